The van der Waals surface area contributed by atoms with Crippen molar-refractivity contribution >= 4 is 6.16 Å². The van der Waals surface area contributed by atoms with E-state index in [1.54, 1.807) is 0 Å². The average molecular weight is 153 g/mol. The second-order valence-electron chi connectivity index (χ2n) is 1.41. The zero-order chi connectivity index (χ0) is 7.28. The van der Waals surface area contributed by atoms with Gasteiger partial charge in [0.05, 0.1) is 6.61 Å². The smallest absolute Gasteiger partial charge is 0.450 e. The minimum atomic E-state index is -1.46. The van der Waals surface area contributed by atoms with E-state index in [0.717, 1.165) is 0 Å². The van der Waals surface area contributed by atoms with Gasteiger partial charge in [-0.15, -0.1) is 0 Å². The van der Waals surface area contributed by atoms with Gasteiger partial charge in [-0.25, -0.2) is 4.79 Å². The second kappa shape index (κ2) is 6.27. The van der Waals surface area contributed by atoms with Gasteiger partial charge >= 0.3 is 6.16 Å². The van der Waals surface area contributed by atoms with Gasteiger partial charge in [0.25, 0.3) is 0 Å². The van der Waals surface area contributed by atoms with E-state index in [2.05, 4.69) is 4.74 Å². The molecule has 0 aromatic carbocycles. The third-order valence-electron chi connectivity index (χ3n) is 0.610. The zero-order valence-corrected chi connectivity index (χ0v) is 5.36. The molecule has 6 heteroatoms. The van der Waals surface area contributed by atoms with Crippen LogP contribution in [0.4, 0.5) is 4.79 Å². The lowest BCUT2D eigenvalue weighted by atomic mass is 10.4. The Morgan fingerprint density at radius 1 is 1.60 bits per heavy atom. The summed E-state index contributed by atoms with van der Waals surface area (Å²) < 4.78 is 3.90. The lowest BCUT2D eigenvalue weighted by molar-refractivity contribution is 0.0145. The Labute approximate surface area is 57.6 Å². The maximum absolute atomic E-state index is 9.60. The second-order valence-corrected chi connectivity index (χ2v) is 1.41. The van der Waals surface area contributed by atoms with Crippen molar-refractivity contribution in [2.24, 2.45) is 0 Å². The summed E-state index contributed by atoms with van der Waals surface area (Å²) in [5, 5.41) is 24.4. The quantitative estimate of drug-likeness (QED) is 0.393. The van der Waals surface area contributed by atoms with Crippen molar-refractivity contribution in [3.05, 3.63) is 0 Å². The van der Waals surface area contributed by atoms with Crippen LogP contribution in [0.5, 0.6) is 0 Å². The van der Waals surface area contributed by atoms with E-state index in [1.165, 1.54) is 0 Å². The lowest BCUT2D eigenvalue weighted by Gasteiger charge is -2.03. The lowest BCUT2D eigenvalue weighted by Crippen LogP contribution is -2.21. The maximum atomic E-state index is 9.60. The number of carbonyl (C=O) groups is 1. The Morgan fingerprint density at radius 3 is 2.40 bits per heavy atom. The van der Waals surface area contributed by atoms with E-state index in [1.807, 2.05) is 0 Å². The third kappa shape index (κ3) is 7.15. The Morgan fingerprint density at radius 2 is 2.10 bits per heavy atom. The highest BCUT2D eigenvalue weighted by atomic mass is 16.7. The van der Waals surface area contributed by atoms with Crippen molar-refractivity contribution in [1.82, 2.24) is 6.15 Å². The number of hydrogen-bond donors (Lipinski definition) is 4. The van der Waals surface area contributed by atoms with Crippen molar-refractivity contribution in [3.63, 3.8) is 0 Å². The molecule has 6 N–H and O–H groups in total. The first-order valence-electron chi connectivity index (χ1n) is 2.31. The topological polar surface area (TPSA) is 122 Å². The average Bonchev–Trinajstić information content (AvgIpc) is 1.83. The summed E-state index contributed by atoms with van der Waals surface area (Å²) in [6, 6.07) is 0. The maximum Gasteiger partial charge on any atom is 0.505 e. The molecule has 1 atom stereocenters. The number of aliphatic hydroxyl groups excluding tert-OH is 2. The van der Waals surface area contributed by atoms with Crippen molar-refractivity contribution in [1.29, 1.82) is 0 Å². The number of hydrogen-bond acceptors (Lipinski definition) is 5. The summed E-state index contributed by atoms with van der Waals surface area (Å²) in [5.41, 5.74) is 0. The molecule has 1 unspecified atom stereocenters. The first-order valence-corrected chi connectivity index (χ1v) is 2.31. The molecule has 0 heterocycles. The Kier molecular flexibility index (Phi) is 7.46. The Bertz CT molecular complexity index is 95.6. The predicted octanol–water partition coefficient (Wildman–Crippen LogP) is -0.804. The Balaban J connectivity index is 0. The molecular formula is C4H11NO5. The zero-order valence-electron chi connectivity index (χ0n) is 5.36. The van der Waals surface area contributed by atoms with E-state index in [4.69, 9.17) is 15.3 Å². The van der Waals surface area contributed by atoms with E-state index >= 15 is 0 Å². The van der Waals surface area contributed by atoms with Crippen LogP contribution in [0.25, 0.3) is 0 Å². The normalized spacial score (nSPS) is 11.4. The SMILES string of the molecule is N.O=C(O)OCC(O)CO. The molecule has 0 fully saturated rings. The molecule has 0 rings (SSSR count). The molecule has 62 valence electrons. The van der Waals surface area contributed by atoms with Crippen LogP contribution >= 0.6 is 0 Å². The van der Waals surface area contributed by atoms with Gasteiger partial charge in [0.2, 0.25) is 0 Å². The standard InChI is InChI=1S/C4H8O5.H3N/c5-1-3(6)2-9-4(7)8;/h3,5-6H,1-2H2,(H,7,8);1H3. The number of carboxylic acid groups (broad SMARTS) is 1. The highest BCUT2D eigenvalue weighted by molar-refractivity contribution is 5.56. The molecule has 0 amide bonds. The summed E-state index contributed by atoms with van der Waals surface area (Å²) in [7, 11) is 0. The number of ether oxygens (including phenoxy) is 1. The molecule has 0 aliphatic carbocycles. The fraction of sp³-hybridized carbons (Fsp3) is 0.750. The van der Waals surface area contributed by atoms with Crippen LogP contribution in [-0.4, -0.2) is 40.8 Å². The van der Waals surface area contributed by atoms with Gasteiger partial charge in [0, 0.05) is 0 Å². The van der Waals surface area contributed by atoms with Crippen molar-refractivity contribution < 1.29 is 24.9 Å². The third-order valence-corrected chi connectivity index (χ3v) is 0.610. The highest BCUT2D eigenvalue weighted by Gasteiger charge is 2.03. The van der Waals surface area contributed by atoms with Crippen LogP contribution in [0, 0.1) is 0 Å². The highest BCUT2D eigenvalue weighted by Crippen LogP contribution is 1.82. The van der Waals surface area contributed by atoms with Crippen LogP contribution in [0.15, 0.2) is 0 Å². The molecule has 0 aliphatic heterocycles. The van der Waals surface area contributed by atoms with Crippen LogP contribution in [0.2, 0.25) is 0 Å². The van der Waals surface area contributed by atoms with Crippen molar-refractivity contribution in [3.8, 4) is 0 Å². The first-order chi connectivity index (χ1) is 4.16. The summed E-state index contributed by atoms with van der Waals surface area (Å²) >= 11 is 0. The van der Waals surface area contributed by atoms with Crippen molar-refractivity contribution in [2.75, 3.05) is 13.2 Å². The minimum absolute atomic E-state index is 0. The van der Waals surface area contributed by atoms with Gasteiger partial charge < -0.3 is 26.2 Å². The summed E-state index contributed by atoms with van der Waals surface area (Å²) in [4.78, 5) is 9.60. The van der Waals surface area contributed by atoms with E-state index in [-0.39, 0.29) is 12.8 Å². The van der Waals surface area contributed by atoms with Gasteiger partial charge in [0.1, 0.15) is 12.7 Å². The van der Waals surface area contributed by atoms with E-state index < -0.39 is 18.9 Å². The molecule has 0 radical (unpaired) electrons. The Hall–Kier alpha value is -0.850. The molecule has 0 saturated heterocycles. The van der Waals surface area contributed by atoms with Gasteiger partial charge in [-0.1, -0.05) is 0 Å². The van der Waals surface area contributed by atoms with Gasteiger partial charge in [0.15, 0.2) is 0 Å². The molecule has 0 aliphatic rings. The molecular weight excluding hydrogens is 142 g/mol. The fourth-order valence-electron chi connectivity index (χ4n) is 0.220. The fourth-order valence-corrected chi connectivity index (χ4v) is 0.220. The number of rotatable bonds is 3. The van der Waals surface area contributed by atoms with Crippen LogP contribution in [-0.2, 0) is 4.74 Å². The molecule has 0 aromatic rings. The summed E-state index contributed by atoms with van der Waals surface area (Å²) in [6.07, 6.45) is -2.57. The molecule has 6 nitrogen and oxygen atoms in total. The predicted molar refractivity (Wildman–Crippen MR) is 32.1 cm³/mol. The summed E-state index contributed by atoms with van der Waals surface area (Å²) in [5.74, 6) is 0. The van der Waals surface area contributed by atoms with Gasteiger partial charge in [-0.2, -0.15) is 0 Å². The van der Waals surface area contributed by atoms with Crippen LogP contribution in [0.1, 0.15) is 0 Å². The summed E-state index contributed by atoms with van der Waals surface area (Å²) in [6.45, 7) is -0.876. The molecule has 0 spiro atoms. The monoisotopic (exact) mass is 153 g/mol. The van der Waals surface area contributed by atoms with Gasteiger partial charge in [-0.3, -0.25) is 0 Å². The first kappa shape index (κ1) is 11.9. The van der Waals surface area contributed by atoms with Crippen LogP contribution in [0.3, 0.4) is 0 Å². The van der Waals surface area contributed by atoms with E-state index in [9.17, 15) is 4.79 Å². The molecule has 10 heavy (non-hydrogen) atoms. The van der Waals surface area contributed by atoms with Crippen LogP contribution < -0.4 is 6.15 Å². The van der Waals surface area contributed by atoms with Gasteiger partial charge in [-0.05, 0) is 0 Å². The van der Waals surface area contributed by atoms with Crippen molar-refractivity contribution in [2.45, 2.75) is 6.10 Å². The van der Waals surface area contributed by atoms with E-state index in [0.29, 0.717) is 0 Å². The molecule has 0 aromatic heterocycles. The minimum Gasteiger partial charge on any atom is -0.450 e. The molecule has 0 saturated carbocycles. The number of aliphatic hydroxyl groups is 2. The molecule has 0 bridgehead atoms. The largest absolute Gasteiger partial charge is 0.505 e.